The maximum atomic E-state index is 12.6. The lowest BCUT2D eigenvalue weighted by Crippen LogP contribution is -2.35. The highest BCUT2D eigenvalue weighted by atomic mass is 16.2. The van der Waals surface area contributed by atoms with Crippen molar-refractivity contribution in [3.8, 4) is 0 Å². The van der Waals surface area contributed by atoms with E-state index in [9.17, 15) is 4.79 Å². The van der Waals surface area contributed by atoms with Crippen LogP contribution in [0.1, 0.15) is 51.8 Å². The molecule has 0 bridgehead atoms. The van der Waals surface area contributed by atoms with Gasteiger partial charge >= 0.3 is 0 Å². The Bertz CT molecular complexity index is 428. The van der Waals surface area contributed by atoms with Crippen molar-refractivity contribution in [2.75, 3.05) is 6.54 Å². The third kappa shape index (κ3) is 3.04. The molecule has 0 spiro atoms. The van der Waals surface area contributed by atoms with E-state index >= 15 is 0 Å². The maximum absolute atomic E-state index is 12.6. The number of nitrogens with one attached hydrogen (secondary N) is 1. The van der Waals surface area contributed by atoms with Gasteiger partial charge in [0.15, 0.2) is 0 Å². The second kappa shape index (κ2) is 6.89. The molecule has 1 aliphatic rings. The predicted octanol–water partition coefficient (Wildman–Crippen LogP) is 3.33. The molecule has 1 N–H and O–H groups in total. The van der Waals surface area contributed by atoms with Crippen LogP contribution in [0.2, 0.25) is 0 Å². The molecule has 110 valence electrons. The van der Waals surface area contributed by atoms with Gasteiger partial charge in [-0.05, 0) is 17.9 Å². The van der Waals surface area contributed by atoms with E-state index in [0.717, 1.165) is 25.8 Å². The van der Waals surface area contributed by atoms with Crippen molar-refractivity contribution in [3.63, 3.8) is 0 Å². The predicted molar refractivity (Wildman–Crippen MR) is 82.2 cm³/mol. The molecule has 3 nitrogen and oxygen atoms in total. The van der Waals surface area contributed by atoms with Gasteiger partial charge in [-0.1, -0.05) is 63.9 Å². The summed E-state index contributed by atoms with van der Waals surface area (Å²) in [4.78, 5) is 14.6. The van der Waals surface area contributed by atoms with Gasteiger partial charge in [0.1, 0.15) is 6.17 Å². The lowest BCUT2D eigenvalue weighted by Gasteiger charge is -2.28. The van der Waals surface area contributed by atoms with Crippen molar-refractivity contribution >= 4 is 5.91 Å². The molecule has 0 aromatic heterocycles. The summed E-state index contributed by atoms with van der Waals surface area (Å²) in [6, 6.07) is 10.3. The molecule has 1 heterocycles. The Morgan fingerprint density at radius 1 is 1.15 bits per heavy atom. The number of carbonyl (C=O) groups excluding carboxylic acids is 1. The third-order valence-electron chi connectivity index (χ3n) is 4.39. The standard InChI is InChI=1S/C17H26N2O/c1-4-13(5-2)12-19-16(14-10-8-7-9-11-14)18-15(6-3)17(19)20/h7-11,13,15-16,18H,4-6,12H2,1-3H3. The van der Waals surface area contributed by atoms with Crippen LogP contribution in [0, 0.1) is 5.92 Å². The van der Waals surface area contributed by atoms with E-state index in [-0.39, 0.29) is 18.1 Å². The summed E-state index contributed by atoms with van der Waals surface area (Å²) >= 11 is 0. The van der Waals surface area contributed by atoms with Crippen LogP contribution in [-0.2, 0) is 4.79 Å². The van der Waals surface area contributed by atoms with Crippen molar-refractivity contribution in [2.45, 2.75) is 52.2 Å². The van der Waals surface area contributed by atoms with Crippen LogP contribution in [-0.4, -0.2) is 23.4 Å². The van der Waals surface area contributed by atoms with E-state index in [0.29, 0.717) is 5.92 Å². The second-order valence-corrected chi connectivity index (χ2v) is 5.61. The zero-order chi connectivity index (χ0) is 14.5. The maximum Gasteiger partial charge on any atom is 0.241 e. The molecule has 2 rings (SSSR count). The first kappa shape index (κ1) is 15.0. The van der Waals surface area contributed by atoms with E-state index in [1.165, 1.54) is 5.56 Å². The molecule has 1 aromatic carbocycles. The van der Waals surface area contributed by atoms with E-state index in [1.54, 1.807) is 0 Å². The van der Waals surface area contributed by atoms with Crippen molar-refractivity contribution in [1.82, 2.24) is 10.2 Å². The first-order chi connectivity index (χ1) is 9.71. The lowest BCUT2D eigenvalue weighted by molar-refractivity contribution is -0.130. The monoisotopic (exact) mass is 274 g/mol. The van der Waals surface area contributed by atoms with Crippen LogP contribution in [0.15, 0.2) is 30.3 Å². The van der Waals surface area contributed by atoms with Gasteiger partial charge in [-0.25, -0.2) is 0 Å². The van der Waals surface area contributed by atoms with Crippen molar-refractivity contribution in [2.24, 2.45) is 5.92 Å². The fraction of sp³-hybridized carbons (Fsp3) is 0.588. The van der Waals surface area contributed by atoms with E-state index in [1.807, 2.05) is 23.1 Å². The summed E-state index contributed by atoms with van der Waals surface area (Å²) in [6.07, 6.45) is 3.13. The van der Waals surface area contributed by atoms with Crippen LogP contribution in [0.25, 0.3) is 0 Å². The number of carbonyl (C=O) groups is 1. The normalized spacial score (nSPS) is 22.8. The smallest absolute Gasteiger partial charge is 0.241 e. The molecule has 1 fully saturated rings. The zero-order valence-corrected chi connectivity index (χ0v) is 12.8. The fourth-order valence-corrected chi connectivity index (χ4v) is 2.90. The van der Waals surface area contributed by atoms with Crippen LogP contribution in [0.4, 0.5) is 0 Å². The van der Waals surface area contributed by atoms with Gasteiger partial charge in [0.2, 0.25) is 5.91 Å². The topological polar surface area (TPSA) is 32.3 Å². The summed E-state index contributed by atoms with van der Waals surface area (Å²) in [7, 11) is 0. The lowest BCUT2D eigenvalue weighted by atomic mass is 10.0. The molecule has 0 radical (unpaired) electrons. The average molecular weight is 274 g/mol. The van der Waals surface area contributed by atoms with Crippen LogP contribution >= 0.6 is 0 Å². The van der Waals surface area contributed by atoms with E-state index < -0.39 is 0 Å². The Hall–Kier alpha value is -1.35. The molecule has 0 saturated carbocycles. The van der Waals surface area contributed by atoms with Gasteiger partial charge in [0, 0.05) is 6.54 Å². The number of rotatable bonds is 6. The average Bonchev–Trinajstić information content (AvgIpc) is 2.82. The number of hydrogen-bond donors (Lipinski definition) is 1. The highest BCUT2D eigenvalue weighted by Gasteiger charge is 2.38. The quantitative estimate of drug-likeness (QED) is 0.863. The van der Waals surface area contributed by atoms with Crippen molar-refractivity contribution in [1.29, 1.82) is 0 Å². The number of hydrogen-bond acceptors (Lipinski definition) is 2. The molecular formula is C17H26N2O. The molecule has 0 aliphatic carbocycles. The molecule has 2 atom stereocenters. The summed E-state index contributed by atoms with van der Waals surface area (Å²) in [6.45, 7) is 7.33. The Labute approximate surface area is 122 Å². The van der Waals surface area contributed by atoms with Crippen molar-refractivity contribution in [3.05, 3.63) is 35.9 Å². The Morgan fingerprint density at radius 3 is 2.35 bits per heavy atom. The molecule has 1 saturated heterocycles. The van der Waals surface area contributed by atoms with Crippen LogP contribution < -0.4 is 5.32 Å². The minimum absolute atomic E-state index is 0.0328. The molecule has 20 heavy (non-hydrogen) atoms. The van der Waals surface area contributed by atoms with Gasteiger partial charge in [-0.15, -0.1) is 0 Å². The van der Waals surface area contributed by atoms with Gasteiger partial charge < -0.3 is 4.90 Å². The van der Waals surface area contributed by atoms with Gasteiger partial charge in [0.25, 0.3) is 0 Å². The number of benzene rings is 1. The van der Waals surface area contributed by atoms with Crippen molar-refractivity contribution < 1.29 is 4.79 Å². The fourth-order valence-electron chi connectivity index (χ4n) is 2.90. The Morgan fingerprint density at radius 2 is 1.80 bits per heavy atom. The molecule has 1 amide bonds. The summed E-state index contributed by atoms with van der Waals surface area (Å²) in [5, 5.41) is 3.49. The summed E-state index contributed by atoms with van der Waals surface area (Å²) < 4.78 is 0. The zero-order valence-electron chi connectivity index (χ0n) is 12.8. The first-order valence-corrected chi connectivity index (χ1v) is 7.82. The van der Waals surface area contributed by atoms with Crippen LogP contribution in [0.3, 0.4) is 0 Å². The van der Waals surface area contributed by atoms with E-state index in [4.69, 9.17) is 0 Å². The highest BCUT2D eigenvalue weighted by Crippen LogP contribution is 2.28. The minimum Gasteiger partial charge on any atom is -0.321 e. The third-order valence-corrected chi connectivity index (χ3v) is 4.39. The van der Waals surface area contributed by atoms with E-state index in [2.05, 4.69) is 38.2 Å². The summed E-state index contributed by atoms with van der Waals surface area (Å²) in [5.74, 6) is 0.843. The molecule has 1 aromatic rings. The first-order valence-electron chi connectivity index (χ1n) is 7.82. The molecule has 3 heteroatoms. The summed E-state index contributed by atoms with van der Waals surface area (Å²) in [5.41, 5.74) is 1.18. The molecular weight excluding hydrogens is 248 g/mol. The van der Waals surface area contributed by atoms with Gasteiger partial charge in [-0.3, -0.25) is 10.1 Å². The molecule has 2 unspecified atom stereocenters. The van der Waals surface area contributed by atoms with Crippen LogP contribution in [0.5, 0.6) is 0 Å². The highest BCUT2D eigenvalue weighted by molar-refractivity contribution is 5.84. The van der Waals surface area contributed by atoms with Gasteiger partial charge in [0.05, 0.1) is 6.04 Å². The Kier molecular flexibility index (Phi) is 5.18. The van der Waals surface area contributed by atoms with Gasteiger partial charge in [-0.2, -0.15) is 0 Å². The number of nitrogens with zero attached hydrogens (tertiary/aromatic N) is 1. The minimum atomic E-state index is -0.0328. The SMILES string of the molecule is CCC(CC)CN1C(=O)C(CC)NC1c1ccccc1. The number of amides is 1. The molecule has 1 aliphatic heterocycles. The Balaban J connectivity index is 2.21. The second-order valence-electron chi connectivity index (χ2n) is 5.61. The largest absolute Gasteiger partial charge is 0.321 e.